The number of hydrogen-bond donors (Lipinski definition) is 3. The summed E-state index contributed by atoms with van der Waals surface area (Å²) in [6.45, 7) is 12.4. The second-order valence-electron chi connectivity index (χ2n) is 8.02. The minimum absolute atomic E-state index is 0.0167. The van der Waals surface area contributed by atoms with Crippen molar-refractivity contribution in [1.82, 2.24) is 10.6 Å². The normalized spacial score (nSPS) is 14.2. The summed E-state index contributed by atoms with van der Waals surface area (Å²) in [5.41, 5.74) is 0.0394. The molecular formula is C19H30N2O3. The van der Waals surface area contributed by atoms with Crippen LogP contribution in [0.4, 0.5) is 0 Å². The molecule has 24 heavy (non-hydrogen) atoms. The summed E-state index contributed by atoms with van der Waals surface area (Å²) in [6, 6.07) is 6.50. The van der Waals surface area contributed by atoms with Crippen molar-refractivity contribution < 1.29 is 14.7 Å². The molecule has 0 aliphatic rings. The fraction of sp³-hybridized carbons (Fsp3) is 0.579. The van der Waals surface area contributed by atoms with Crippen LogP contribution in [0.15, 0.2) is 24.3 Å². The van der Waals surface area contributed by atoms with Crippen molar-refractivity contribution in [1.29, 1.82) is 0 Å². The Morgan fingerprint density at radius 3 is 1.62 bits per heavy atom. The van der Waals surface area contributed by atoms with E-state index in [1.807, 2.05) is 34.6 Å². The zero-order chi connectivity index (χ0) is 18.5. The predicted molar refractivity (Wildman–Crippen MR) is 96.0 cm³/mol. The Kier molecular flexibility index (Phi) is 6.55. The van der Waals surface area contributed by atoms with Gasteiger partial charge in [-0.15, -0.1) is 0 Å². The van der Waals surface area contributed by atoms with Gasteiger partial charge in [0.25, 0.3) is 11.8 Å². The zero-order valence-corrected chi connectivity index (χ0v) is 15.6. The molecule has 0 radical (unpaired) electrons. The van der Waals surface area contributed by atoms with Gasteiger partial charge in [-0.2, -0.15) is 0 Å². The van der Waals surface area contributed by atoms with Gasteiger partial charge < -0.3 is 15.7 Å². The van der Waals surface area contributed by atoms with Crippen molar-refractivity contribution in [2.45, 2.75) is 47.1 Å². The summed E-state index contributed by atoms with van der Waals surface area (Å²) in [4.78, 5) is 24.2. The molecule has 1 aromatic carbocycles. The highest BCUT2D eigenvalue weighted by Crippen LogP contribution is 2.15. The lowest BCUT2D eigenvalue weighted by atomic mass is 9.92. The third-order valence-corrected chi connectivity index (χ3v) is 4.04. The lowest BCUT2D eigenvalue weighted by molar-refractivity contribution is 0.0142. The van der Waals surface area contributed by atoms with Crippen LogP contribution in [-0.4, -0.2) is 35.6 Å². The van der Waals surface area contributed by atoms with Gasteiger partial charge in [-0.05, 0) is 42.5 Å². The van der Waals surface area contributed by atoms with Gasteiger partial charge in [-0.1, -0.05) is 34.6 Å². The highest BCUT2D eigenvalue weighted by Gasteiger charge is 2.25. The van der Waals surface area contributed by atoms with E-state index in [9.17, 15) is 14.7 Å². The van der Waals surface area contributed by atoms with Crippen LogP contribution >= 0.6 is 0 Å². The molecule has 5 nitrogen and oxygen atoms in total. The second kappa shape index (κ2) is 7.79. The van der Waals surface area contributed by atoms with E-state index in [4.69, 9.17) is 0 Å². The monoisotopic (exact) mass is 334 g/mol. The molecule has 0 saturated carbocycles. The maximum absolute atomic E-state index is 12.1. The van der Waals surface area contributed by atoms with E-state index < -0.39 is 5.60 Å². The number of carbonyl (C=O) groups is 2. The molecule has 0 aliphatic heterocycles. The molecule has 0 bridgehead atoms. The van der Waals surface area contributed by atoms with Crippen molar-refractivity contribution in [2.24, 2.45) is 11.3 Å². The first kappa shape index (κ1) is 20.2. The van der Waals surface area contributed by atoms with Crippen LogP contribution in [-0.2, 0) is 0 Å². The number of hydrogen-bond acceptors (Lipinski definition) is 3. The SMILES string of the molecule is CC(C)C(C)(O)CNC(=O)c1ccc(C(=O)NCC(C)(C)C)cc1. The molecule has 1 atom stereocenters. The Labute approximate surface area is 144 Å². The quantitative estimate of drug-likeness (QED) is 0.748. The van der Waals surface area contributed by atoms with E-state index >= 15 is 0 Å². The molecule has 134 valence electrons. The third-order valence-electron chi connectivity index (χ3n) is 4.04. The first-order valence-corrected chi connectivity index (χ1v) is 8.31. The van der Waals surface area contributed by atoms with Gasteiger partial charge in [-0.3, -0.25) is 9.59 Å². The molecular weight excluding hydrogens is 304 g/mol. The van der Waals surface area contributed by atoms with Crippen molar-refractivity contribution >= 4 is 11.8 Å². The third kappa shape index (κ3) is 6.32. The summed E-state index contributed by atoms with van der Waals surface area (Å²) in [5.74, 6) is -0.385. The molecule has 1 rings (SSSR count). The van der Waals surface area contributed by atoms with Crippen LogP contribution in [0.3, 0.4) is 0 Å². The number of amides is 2. The van der Waals surface area contributed by atoms with Gasteiger partial charge in [-0.25, -0.2) is 0 Å². The van der Waals surface area contributed by atoms with E-state index in [-0.39, 0.29) is 29.7 Å². The molecule has 0 saturated heterocycles. The van der Waals surface area contributed by atoms with E-state index in [1.165, 1.54) is 0 Å². The van der Waals surface area contributed by atoms with Gasteiger partial charge in [0.05, 0.1) is 5.60 Å². The predicted octanol–water partition coefficient (Wildman–Crippen LogP) is 2.60. The largest absolute Gasteiger partial charge is 0.388 e. The molecule has 3 N–H and O–H groups in total. The Bertz CT molecular complexity index is 569. The Hall–Kier alpha value is -1.88. The fourth-order valence-corrected chi connectivity index (χ4v) is 1.79. The molecule has 1 unspecified atom stereocenters. The average molecular weight is 334 g/mol. The van der Waals surface area contributed by atoms with Crippen LogP contribution in [0.1, 0.15) is 62.3 Å². The number of rotatable bonds is 6. The van der Waals surface area contributed by atoms with Gasteiger partial charge in [0.1, 0.15) is 0 Å². The Balaban J connectivity index is 2.64. The Morgan fingerprint density at radius 1 is 0.917 bits per heavy atom. The second-order valence-corrected chi connectivity index (χ2v) is 8.02. The lowest BCUT2D eigenvalue weighted by Gasteiger charge is -2.27. The molecule has 1 aromatic rings. The van der Waals surface area contributed by atoms with Gasteiger partial charge in [0, 0.05) is 24.2 Å². The van der Waals surface area contributed by atoms with Crippen LogP contribution in [0.5, 0.6) is 0 Å². The van der Waals surface area contributed by atoms with Crippen LogP contribution < -0.4 is 10.6 Å². The highest BCUT2D eigenvalue weighted by atomic mass is 16.3. The number of aliphatic hydroxyl groups is 1. The lowest BCUT2D eigenvalue weighted by Crippen LogP contribution is -2.44. The average Bonchev–Trinajstić information content (AvgIpc) is 2.49. The van der Waals surface area contributed by atoms with Crippen LogP contribution in [0.25, 0.3) is 0 Å². The van der Waals surface area contributed by atoms with Gasteiger partial charge >= 0.3 is 0 Å². The number of benzene rings is 1. The topological polar surface area (TPSA) is 78.4 Å². The molecule has 0 fully saturated rings. The summed E-state index contributed by atoms with van der Waals surface area (Å²) in [7, 11) is 0. The fourth-order valence-electron chi connectivity index (χ4n) is 1.79. The number of carbonyl (C=O) groups excluding carboxylic acids is 2. The maximum atomic E-state index is 12.1. The summed E-state index contributed by atoms with van der Waals surface area (Å²) in [6.07, 6.45) is 0. The summed E-state index contributed by atoms with van der Waals surface area (Å²) in [5, 5.41) is 15.8. The molecule has 0 spiro atoms. The van der Waals surface area contributed by atoms with Crippen molar-refractivity contribution in [3.05, 3.63) is 35.4 Å². The standard InChI is InChI=1S/C19H30N2O3/c1-13(2)19(6,24)12-21-17(23)15-9-7-14(8-10-15)16(22)20-11-18(3,4)5/h7-10,13,24H,11-12H2,1-6H3,(H,20,22)(H,21,23). The van der Waals surface area contributed by atoms with E-state index in [0.29, 0.717) is 17.7 Å². The van der Waals surface area contributed by atoms with E-state index in [1.54, 1.807) is 31.2 Å². The van der Waals surface area contributed by atoms with Crippen molar-refractivity contribution in [3.8, 4) is 0 Å². The number of nitrogens with one attached hydrogen (secondary N) is 2. The minimum atomic E-state index is -0.956. The highest BCUT2D eigenvalue weighted by molar-refractivity contribution is 5.97. The van der Waals surface area contributed by atoms with E-state index in [2.05, 4.69) is 10.6 Å². The van der Waals surface area contributed by atoms with Gasteiger partial charge in [0.15, 0.2) is 0 Å². The van der Waals surface area contributed by atoms with Crippen molar-refractivity contribution in [2.75, 3.05) is 13.1 Å². The zero-order valence-electron chi connectivity index (χ0n) is 15.6. The van der Waals surface area contributed by atoms with Crippen molar-refractivity contribution in [3.63, 3.8) is 0 Å². The Morgan fingerprint density at radius 2 is 1.29 bits per heavy atom. The van der Waals surface area contributed by atoms with Crippen LogP contribution in [0.2, 0.25) is 0 Å². The molecule has 5 heteroatoms. The first-order valence-electron chi connectivity index (χ1n) is 8.31. The minimum Gasteiger partial charge on any atom is -0.388 e. The first-order chi connectivity index (χ1) is 10.9. The summed E-state index contributed by atoms with van der Waals surface area (Å²) < 4.78 is 0. The molecule has 0 aromatic heterocycles. The maximum Gasteiger partial charge on any atom is 0.251 e. The molecule has 0 heterocycles. The summed E-state index contributed by atoms with van der Waals surface area (Å²) >= 11 is 0. The molecule has 2 amide bonds. The van der Waals surface area contributed by atoms with Gasteiger partial charge in [0.2, 0.25) is 0 Å². The van der Waals surface area contributed by atoms with E-state index in [0.717, 1.165) is 0 Å². The molecule has 0 aliphatic carbocycles. The smallest absolute Gasteiger partial charge is 0.251 e. The van der Waals surface area contributed by atoms with Crippen LogP contribution in [0, 0.1) is 11.3 Å².